The molecule has 0 spiro atoms. The van der Waals surface area contributed by atoms with Crippen molar-refractivity contribution in [3.8, 4) is 5.75 Å². The van der Waals surface area contributed by atoms with E-state index in [0.29, 0.717) is 27.7 Å². The third-order valence-electron chi connectivity index (χ3n) is 6.16. The van der Waals surface area contributed by atoms with Gasteiger partial charge >= 0.3 is 10.1 Å². The number of aromatic amines is 2. The summed E-state index contributed by atoms with van der Waals surface area (Å²) in [5.74, 6) is -0.834. The lowest BCUT2D eigenvalue weighted by Crippen LogP contribution is -2.30. The Hall–Kier alpha value is -4.55. The second kappa shape index (κ2) is 8.29. The molecular formula is C22H19N7O6S. The second-order valence-corrected chi connectivity index (χ2v) is 10.1. The Morgan fingerprint density at radius 2 is 2.17 bits per heavy atom. The number of non-ortho nitro benzene ring substituents is 1. The summed E-state index contributed by atoms with van der Waals surface area (Å²) in [6, 6.07) is 7.39. The van der Waals surface area contributed by atoms with Crippen molar-refractivity contribution in [2.75, 3.05) is 24.2 Å². The maximum absolute atomic E-state index is 13.7. The number of carbonyl (C=O) groups is 1. The summed E-state index contributed by atoms with van der Waals surface area (Å²) in [4.78, 5) is 34.9. The SMILES string of the molecule is Cc1c[nH]c2c(OS(C)(=O)=O)cc3c(c12)C(CN=[N+]=[N-])CN3C(=O)c1cc2c([N+](=O)[O-])cccc2[nH]1. The molecule has 1 amide bonds. The molecule has 184 valence electrons. The number of carbonyl (C=O) groups excluding carboxylic acids is 1. The number of nitro groups is 1. The maximum Gasteiger partial charge on any atom is 0.306 e. The number of hydrogen-bond acceptors (Lipinski definition) is 7. The number of hydrogen-bond donors (Lipinski definition) is 2. The predicted molar refractivity (Wildman–Crippen MR) is 132 cm³/mol. The van der Waals surface area contributed by atoms with E-state index < -0.39 is 20.9 Å². The van der Waals surface area contributed by atoms with Gasteiger partial charge in [-0.1, -0.05) is 11.2 Å². The molecule has 0 fully saturated rings. The van der Waals surface area contributed by atoms with Crippen LogP contribution in [0.15, 0.2) is 41.6 Å². The highest BCUT2D eigenvalue weighted by molar-refractivity contribution is 7.86. The van der Waals surface area contributed by atoms with Gasteiger partial charge in [-0.2, -0.15) is 8.42 Å². The number of nitrogens with one attached hydrogen (secondary N) is 2. The van der Waals surface area contributed by atoms with Gasteiger partial charge in [0.15, 0.2) is 5.75 Å². The van der Waals surface area contributed by atoms with Crippen molar-refractivity contribution >= 4 is 49.2 Å². The number of benzene rings is 2. The van der Waals surface area contributed by atoms with Crippen molar-refractivity contribution in [3.63, 3.8) is 0 Å². The predicted octanol–water partition coefficient (Wildman–Crippen LogP) is 4.26. The largest absolute Gasteiger partial charge is 0.380 e. The van der Waals surface area contributed by atoms with Crippen LogP contribution in [0.4, 0.5) is 11.4 Å². The standard InChI is InChI=1S/C22H19N7O6S/c1-11-8-24-21-18(35-36(2,33)34)7-17-20(19(11)21)12(9-25-27-23)10-28(17)22(30)15-6-13-14(26-15)4-3-5-16(13)29(31)32/h3-8,12,24,26H,9-10H2,1-2H3. The maximum atomic E-state index is 13.7. The monoisotopic (exact) mass is 509 g/mol. The number of nitrogens with zero attached hydrogens (tertiary/aromatic N) is 5. The van der Waals surface area contributed by atoms with Gasteiger partial charge in [-0.15, -0.1) is 0 Å². The molecule has 0 radical (unpaired) electrons. The second-order valence-electron chi connectivity index (χ2n) is 8.52. The quantitative estimate of drug-likeness (QED) is 0.0975. The molecule has 3 heterocycles. The normalized spacial score (nSPS) is 15.2. The molecule has 0 aliphatic carbocycles. The molecule has 0 saturated carbocycles. The summed E-state index contributed by atoms with van der Waals surface area (Å²) in [5.41, 5.74) is 11.7. The minimum absolute atomic E-state index is 0.0221. The van der Waals surface area contributed by atoms with Gasteiger partial charge in [0.1, 0.15) is 5.69 Å². The number of anilines is 1. The molecule has 0 bridgehead atoms. The molecular weight excluding hydrogens is 490 g/mol. The third-order valence-corrected chi connectivity index (χ3v) is 6.64. The zero-order valence-corrected chi connectivity index (χ0v) is 19.9. The van der Waals surface area contributed by atoms with Gasteiger partial charge in [0.05, 0.1) is 33.3 Å². The first-order chi connectivity index (χ1) is 17.1. The van der Waals surface area contributed by atoms with Crippen LogP contribution in [0.3, 0.4) is 0 Å². The molecule has 1 aliphatic rings. The van der Waals surface area contributed by atoms with Gasteiger partial charge in [0.2, 0.25) is 0 Å². The van der Waals surface area contributed by atoms with Crippen molar-refractivity contribution in [3.05, 3.63) is 73.9 Å². The average Bonchev–Trinajstić information content (AvgIpc) is 3.51. The average molecular weight is 510 g/mol. The highest BCUT2D eigenvalue weighted by Gasteiger charge is 2.37. The van der Waals surface area contributed by atoms with E-state index in [2.05, 4.69) is 20.0 Å². The lowest BCUT2D eigenvalue weighted by atomic mass is 9.95. The lowest BCUT2D eigenvalue weighted by molar-refractivity contribution is -0.383. The van der Waals surface area contributed by atoms with Crippen LogP contribution in [0.2, 0.25) is 0 Å². The minimum atomic E-state index is -3.88. The smallest absolute Gasteiger partial charge is 0.306 e. The number of amides is 1. The lowest BCUT2D eigenvalue weighted by Gasteiger charge is -2.18. The van der Waals surface area contributed by atoms with Gasteiger partial charge in [-0.25, -0.2) is 0 Å². The van der Waals surface area contributed by atoms with E-state index in [1.807, 2.05) is 6.92 Å². The van der Waals surface area contributed by atoms with E-state index in [9.17, 15) is 23.3 Å². The number of rotatable bonds is 6. The molecule has 4 aromatic rings. The Balaban J connectivity index is 1.69. The van der Waals surface area contributed by atoms with Gasteiger partial charge in [-0.3, -0.25) is 14.9 Å². The van der Waals surface area contributed by atoms with E-state index in [1.54, 1.807) is 12.3 Å². The number of fused-ring (bicyclic) bond motifs is 4. The van der Waals surface area contributed by atoms with Crippen LogP contribution in [0.5, 0.6) is 5.75 Å². The van der Waals surface area contributed by atoms with Crippen LogP contribution in [-0.4, -0.2) is 48.6 Å². The first kappa shape index (κ1) is 23.2. The van der Waals surface area contributed by atoms with Crippen LogP contribution < -0.4 is 9.08 Å². The van der Waals surface area contributed by atoms with Gasteiger partial charge in [0.25, 0.3) is 11.6 Å². The fourth-order valence-corrected chi connectivity index (χ4v) is 5.23. The van der Waals surface area contributed by atoms with E-state index in [4.69, 9.17) is 9.71 Å². The van der Waals surface area contributed by atoms with E-state index >= 15 is 0 Å². The summed E-state index contributed by atoms with van der Waals surface area (Å²) in [5, 5.41) is 16.1. The van der Waals surface area contributed by atoms with E-state index in [-0.39, 0.29) is 41.5 Å². The molecule has 1 aliphatic heterocycles. The van der Waals surface area contributed by atoms with E-state index in [1.165, 1.54) is 29.2 Å². The first-order valence-corrected chi connectivity index (χ1v) is 12.5. The highest BCUT2D eigenvalue weighted by Crippen LogP contribution is 2.47. The number of aromatic nitrogens is 2. The van der Waals surface area contributed by atoms with Crippen LogP contribution >= 0.6 is 0 Å². The number of aryl methyl sites for hydroxylation is 1. The number of nitro benzene ring substituents is 1. The third kappa shape index (κ3) is 3.78. The molecule has 2 aromatic carbocycles. The number of H-pyrrole nitrogens is 2. The van der Waals surface area contributed by atoms with Crippen LogP contribution in [0.25, 0.3) is 32.2 Å². The van der Waals surface area contributed by atoms with Crippen molar-refractivity contribution < 1.29 is 22.3 Å². The Kier molecular flexibility index (Phi) is 5.34. The zero-order valence-electron chi connectivity index (χ0n) is 19.0. The molecule has 1 unspecified atom stereocenters. The zero-order chi connectivity index (χ0) is 25.8. The fraction of sp³-hybridized carbons (Fsp3) is 0.227. The van der Waals surface area contributed by atoms with Crippen LogP contribution in [0.1, 0.15) is 27.5 Å². The van der Waals surface area contributed by atoms with Gasteiger partial charge in [-0.05, 0) is 35.7 Å². The number of azide groups is 1. The van der Waals surface area contributed by atoms with E-state index in [0.717, 1.165) is 11.8 Å². The van der Waals surface area contributed by atoms with Gasteiger partial charge in [0, 0.05) is 47.6 Å². The Labute approximate surface area is 203 Å². The summed E-state index contributed by atoms with van der Waals surface area (Å²) >= 11 is 0. The Morgan fingerprint density at radius 1 is 1.39 bits per heavy atom. The molecule has 2 N–H and O–H groups in total. The summed E-state index contributed by atoms with van der Waals surface area (Å²) < 4.78 is 29.1. The van der Waals surface area contributed by atoms with Crippen molar-refractivity contribution in [2.45, 2.75) is 12.8 Å². The summed E-state index contributed by atoms with van der Waals surface area (Å²) in [6.45, 7) is 2.04. The Morgan fingerprint density at radius 3 is 2.86 bits per heavy atom. The minimum Gasteiger partial charge on any atom is -0.380 e. The topological polar surface area (TPSA) is 187 Å². The highest BCUT2D eigenvalue weighted by atomic mass is 32.2. The molecule has 13 nitrogen and oxygen atoms in total. The first-order valence-electron chi connectivity index (χ1n) is 10.7. The molecule has 36 heavy (non-hydrogen) atoms. The Bertz CT molecular complexity index is 1730. The molecule has 2 aromatic heterocycles. The summed E-state index contributed by atoms with van der Waals surface area (Å²) in [7, 11) is -3.88. The van der Waals surface area contributed by atoms with Crippen LogP contribution in [-0.2, 0) is 10.1 Å². The molecule has 1 atom stereocenters. The van der Waals surface area contributed by atoms with Crippen LogP contribution in [0, 0.1) is 17.0 Å². The fourth-order valence-electron chi connectivity index (χ4n) is 4.78. The van der Waals surface area contributed by atoms with Crippen molar-refractivity contribution in [1.29, 1.82) is 0 Å². The van der Waals surface area contributed by atoms with Gasteiger partial charge < -0.3 is 19.1 Å². The molecule has 14 heteroatoms. The van der Waals surface area contributed by atoms with Crippen molar-refractivity contribution in [1.82, 2.24) is 9.97 Å². The van der Waals surface area contributed by atoms with Crippen molar-refractivity contribution in [2.24, 2.45) is 5.11 Å². The molecule has 5 rings (SSSR count). The molecule has 0 saturated heterocycles. The summed E-state index contributed by atoms with van der Waals surface area (Å²) in [6.07, 6.45) is 2.62.